The Labute approximate surface area is 146 Å². The zero-order valence-electron chi connectivity index (χ0n) is 12.5. The van der Waals surface area contributed by atoms with Crippen LogP contribution in [0.2, 0.25) is 5.02 Å². The van der Waals surface area contributed by atoms with Crippen LogP contribution in [0.15, 0.2) is 84.9 Å². The summed E-state index contributed by atoms with van der Waals surface area (Å²) < 4.78 is 0. The fraction of sp³-hybridized carbons (Fsp3) is 0.0526. The van der Waals surface area contributed by atoms with Crippen LogP contribution in [-0.2, 0) is 4.87 Å². The molecule has 0 atom stereocenters. The molecule has 3 aromatic rings. The number of halogens is 2. The fourth-order valence-electron chi connectivity index (χ4n) is 2.55. The minimum absolute atomic E-state index is 0.667. The Morgan fingerprint density at radius 1 is 0.609 bits per heavy atom. The molecule has 0 saturated carbocycles. The van der Waals surface area contributed by atoms with Crippen LogP contribution >= 0.6 is 23.2 Å². The maximum Gasteiger partial charge on any atom is 0.121 e. The van der Waals surface area contributed by atoms with Gasteiger partial charge in [0.15, 0.2) is 0 Å². The molecule has 4 N–H and O–H groups in total. The summed E-state index contributed by atoms with van der Waals surface area (Å²) in [5, 5.41) is 0.667. The molecule has 0 bridgehead atoms. The van der Waals surface area contributed by atoms with Gasteiger partial charge in [-0.2, -0.15) is 0 Å². The highest BCUT2D eigenvalue weighted by Gasteiger charge is 2.35. The zero-order valence-corrected chi connectivity index (χ0v) is 14.0. The number of hydrazine groups is 1. The van der Waals surface area contributed by atoms with E-state index in [0.717, 1.165) is 16.7 Å². The third-order valence-electron chi connectivity index (χ3n) is 3.59. The van der Waals surface area contributed by atoms with Gasteiger partial charge in [0.25, 0.3) is 0 Å². The minimum Gasteiger partial charge on any atom is -0.274 e. The van der Waals surface area contributed by atoms with Gasteiger partial charge < -0.3 is 0 Å². The Hall–Kier alpha value is -1.84. The molecule has 0 aromatic heterocycles. The number of rotatable bonds is 3. The molecule has 0 aliphatic rings. The van der Waals surface area contributed by atoms with E-state index in [0.29, 0.717) is 5.02 Å². The number of benzene rings is 3. The molecule has 3 aromatic carbocycles. The van der Waals surface area contributed by atoms with Crippen LogP contribution < -0.4 is 11.7 Å². The lowest BCUT2D eigenvalue weighted by atomic mass is 9.84. The number of hydrogen-bond donors (Lipinski definition) is 2. The van der Waals surface area contributed by atoms with Gasteiger partial charge in [-0.3, -0.25) is 11.7 Å². The lowest BCUT2D eigenvalue weighted by Gasteiger charge is -2.30. The standard InChI is InChI=1S/C19H14Cl2.H4N2/c20-18-14-8-7-13-17(18)19(21,15-9-3-1-4-10-15)16-11-5-2-6-12-16;1-2/h1-14H;1-2H2. The van der Waals surface area contributed by atoms with Crippen molar-refractivity contribution in [3.05, 3.63) is 107 Å². The average molecular weight is 345 g/mol. The van der Waals surface area contributed by atoms with Gasteiger partial charge in [0.05, 0.1) is 0 Å². The van der Waals surface area contributed by atoms with E-state index in [1.54, 1.807) is 0 Å². The summed E-state index contributed by atoms with van der Waals surface area (Å²) in [5.74, 6) is 8.00. The Kier molecular flexibility index (Phi) is 6.20. The van der Waals surface area contributed by atoms with Crippen LogP contribution in [-0.4, -0.2) is 0 Å². The molecule has 0 saturated heterocycles. The lowest BCUT2D eigenvalue weighted by Crippen LogP contribution is -2.22. The largest absolute Gasteiger partial charge is 0.274 e. The van der Waals surface area contributed by atoms with Crippen LogP contribution in [0.4, 0.5) is 0 Å². The summed E-state index contributed by atoms with van der Waals surface area (Å²) in [4.78, 5) is -0.791. The Balaban J connectivity index is 0.000000924. The Bertz CT molecular complexity index is 691. The predicted molar refractivity (Wildman–Crippen MR) is 98.4 cm³/mol. The maximum atomic E-state index is 7.14. The molecule has 2 nitrogen and oxygen atoms in total. The van der Waals surface area contributed by atoms with Crippen molar-refractivity contribution in [1.29, 1.82) is 0 Å². The summed E-state index contributed by atoms with van der Waals surface area (Å²) in [5.41, 5.74) is 2.91. The highest BCUT2D eigenvalue weighted by molar-refractivity contribution is 6.34. The molecule has 23 heavy (non-hydrogen) atoms. The van der Waals surface area contributed by atoms with E-state index in [9.17, 15) is 0 Å². The fourth-order valence-corrected chi connectivity index (χ4v) is 3.30. The predicted octanol–water partition coefficient (Wildman–Crippen LogP) is 4.69. The summed E-state index contributed by atoms with van der Waals surface area (Å²) in [6, 6.07) is 27.8. The zero-order chi connectivity index (χ0) is 16.7. The van der Waals surface area contributed by atoms with Gasteiger partial charge in [0.1, 0.15) is 4.87 Å². The first-order valence-electron chi connectivity index (χ1n) is 7.11. The molecule has 0 fully saturated rings. The molecule has 0 spiro atoms. The summed E-state index contributed by atoms with van der Waals surface area (Å²) in [7, 11) is 0. The highest BCUT2D eigenvalue weighted by Crippen LogP contribution is 2.45. The summed E-state index contributed by atoms with van der Waals surface area (Å²) in [6.45, 7) is 0. The lowest BCUT2D eigenvalue weighted by molar-refractivity contribution is 0.880. The molecule has 0 aliphatic heterocycles. The molecule has 0 aliphatic carbocycles. The molecular weight excluding hydrogens is 327 g/mol. The van der Waals surface area contributed by atoms with Crippen LogP contribution in [0.5, 0.6) is 0 Å². The van der Waals surface area contributed by atoms with E-state index in [1.165, 1.54) is 0 Å². The second-order valence-electron chi connectivity index (χ2n) is 4.87. The first-order valence-corrected chi connectivity index (χ1v) is 7.87. The van der Waals surface area contributed by atoms with E-state index in [4.69, 9.17) is 23.2 Å². The monoisotopic (exact) mass is 344 g/mol. The first-order chi connectivity index (χ1) is 11.2. The maximum absolute atomic E-state index is 7.14. The molecule has 0 radical (unpaired) electrons. The molecule has 4 heteroatoms. The van der Waals surface area contributed by atoms with E-state index in [-0.39, 0.29) is 0 Å². The number of alkyl halides is 1. The number of nitrogens with two attached hydrogens (primary N) is 2. The van der Waals surface area contributed by atoms with Crippen molar-refractivity contribution in [2.24, 2.45) is 11.7 Å². The SMILES string of the molecule is Clc1ccccc1C(Cl)(c1ccccc1)c1ccccc1.NN. The van der Waals surface area contributed by atoms with E-state index >= 15 is 0 Å². The van der Waals surface area contributed by atoms with Crippen molar-refractivity contribution < 1.29 is 0 Å². The second kappa shape index (κ2) is 8.14. The van der Waals surface area contributed by atoms with Crippen LogP contribution in [0.25, 0.3) is 0 Å². The topological polar surface area (TPSA) is 52.0 Å². The molecular formula is C19H18Cl2N2. The molecule has 0 heterocycles. The van der Waals surface area contributed by atoms with Crippen molar-refractivity contribution in [2.45, 2.75) is 4.87 Å². The van der Waals surface area contributed by atoms with Crippen molar-refractivity contribution in [2.75, 3.05) is 0 Å². The van der Waals surface area contributed by atoms with Gasteiger partial charge in [-0.05, 0) is 17.2 Å². The van der Waals surface area contributed by atoms with Gasteiger partial charge >= 0.3 is 0 Å². The van der Waals surface area contributed by atoms with Gasteiger partial charge in [-0.25, -0.2) is 0 Å². The third-order valence-corrected chi connectivity index (χ3v) is 4.56. The number of hydrogen-bond acceptors (Lipinski definition) is 2. The summed E-state index contributed by atoms with van der Waals surface area (Å²) >= 11 is 13.6. The Morgan fingerprint density at radius 3 is 1.43 bits per heavy atom. The van der Waals surface area contributed by atoms with Crippen molar-refractivity contribution in [1.82, 2.24) is 0 Å². The first kappa shape index (κ1) is 17.5. The van der Waals surface area contributed by atoms with Gasteiger partial charge in [-0.15, -0.1) is 11.6 Å². The average Bonchev–Trinajstić information content (AvgIpc) is 2.64. The summed E-state index contributed by atoms with van der Waals surface area (Å²) in [6.07, 6.45) is 0. The van der Waals surface area contributed by atoms with Crippen LogP contribution in [0, 0.1) is 0 Å². The minimum atomic E-state index is -0.791. The van der Waals surface area contributed by atoms with E-state index < -0.39 is 4.87 Å². The van der Waals surface area contributed by atoms with Gasteiger partial charge in [0.2, 0.25) is 0 Å². The van der Waals surface area contributed by atoms with Crippen LogP contribution in [0.1, 0.15) is 16.7 Å². The van der Waals surface area contributed by atoms with Crippen molar-refractivity contribution in [3.8, 4) is 0 Å². The normalized spacial score (nSPS) is 10.6. The second-order valence-corrected chi connectivity index (χ2v) is 5.84. The van der Waals surface area contributed by atoms with Crippen molar-refractivity contribution >= 4 is 23.2 Å². The molecule has 118 valence electrons. The molecule has 0 amide bonds. The smallest absolute Gasteiger partial charge is 0.121 e. The Morgan fingerprint density at radius 2 is 1.00 bits per heavy atom. The van der Waals surface area contributed by atoms with Gasteiger partial charge in [-0.1, -0.05) is 90.5 Å². The molecule has 3 rings (SSSR count). The molecule has 0 unspecified atom stereocenters. The van der Waals surface area contributed by atoms with E-state index in [2.05, 4.69) is 11.7 Å². The van der Waals surface area contributed by atoms with E-state index in [1.807, 2.05) is 84.9 Å². The quantitative estimate of drug-likeness (QED) is 0.313. The third kappa shape index (κ3) is 3.57. The van der Waals surface area contributed by atoms with Crippen LogP contribution in [0.3, 0.4) is 0 Å². The van der Waals surface area contributed by atoms with Gasteiger partial charge in [0, 0.05) is 10.6 Å². The van der Waals surface area contributed by atoms with Crippen molar-refractivity contribution in [3.63, 3.8) is 0 Å². The highest BCUT2D eigenvalue weighted by atomic mass is 35.5.